The standard InChI is InChI=1S/C25H20Cl2N4O5S3/c1-13(17-12-37-23(22(17)32)15-4-7-18(26)19(27)10-15)30-31-25(34)21-9-8-20(38-21)24(33)29-11-14-2-5-16(6-3-14)39(28,35)36/h2-10,12,32H,11H2,1H3,(H,29,33)(H,31,34)(H2,28,35,36)/b30-13+. The third kappa shape index (κ3) is 6.85. The molecule has 0 radical (unpaired) electrons. The molecule has 0 saturated carbocycles. The van der Waals surface area contributed by atoms with E-state index >= 15 is 0 Å². The van der Waals surface area contributed by atoms with Gasteiger partial charge in [0.05, 0.1) is 40.8 Å². The minimum atomic E-state index is -3.79. The summed E-state index contributed by atoms with van der Waals surface area (Å²) in [6.45, 7) is 1.80. The third-order valence-corrected chi connectivity index (χ3v) is 9.19. The number of hydrazone groups is 1. The van der Waals surface area contributed by atoms with Crippen LogP contribution >= 0.6 is 45.9 Å². The second-order valence-electron chi connectivity index (χ2n) is 8.13. The Morgan fingerprint density at radius 3 is 2.31 bits per heavy atom. The Hall–Kier alpha value is -3.26. The molecule has 0 aliphatic rings. The fourth-order valence-electron chi connectivity index (χ4n) is 3.35. The number of amides is 2. The third-order valence-electron chi connectivity index (χ3n) is 5.42. The lowest BCUT2D eigenvalue weighted by Crippen LogP contribution is -2.22. The maximum Gasteiger partial charge on any atom is 0.281 e. The molecule has 4 rings (SSSR count). The molecule has 0 aliphatic carbocycles. The Morgan fingerprint density at radius 2 is 1.67 bits per heavy atom. The summed E-state index contributed by atoms with van der Waals surface area (Å²) in [5.74, 6) is -0.910. The average Bonchev–Trinajstić information content (AvgIpc) is 3.54. The van der Waals surface area contributed by atoms with E-state index in [0.717, 1.165) is 11.3 Å². The minimum Gasteiger partial charge on any atom is -0.506 e. The first-order valence-electron chi connectivity index (χ1n) is 11.0. The topological polar surface area (TPSA) is 151 Å². The molecular formula is C25H20Cl2N4O5S3. The molecule has 5 N–H and O–H groups in total. The van der Waals surface area contributed by atoms with Crippen LogP contribution in [0.3, 0.4) is 0 Å². The van der Waals surface area contributed by atoms with Gasteiger partial charge in [-0.2, -0.15) is 5.10 Å². The molecule has 0 aliphatic heterocycles. The number of nitrogens with zero attached hydrogens (tertiary/aromatic N) is 1. The molecule has 0 saturated heterocycles. The van der Waals surface area contributed by atoms with Crippen LogP contribution in [-0.2, 0) is 16.6 Å². The number of sulfonamides is 1. The molecule has 0 unspecified atom stereocenters. The van der Waals surface area contributed by atoms with E-state index in [1.807, 2.05) is 0 Å². The van der Waals surface area contributed by atoms with Gasteiger partial charge >= 0.3 is 0 Å². The molecule has 4 aromatic rings. The number of hydrogen-bond donors (Lipinski definition) is 4. The predicted molar refractivity (Wildman–Crippen MR) is 154 cm³/mol. The quantitative estimate of drug-likeness (QED) is 0.157. The minimum absolute atomic E-state index is 0.00302. The van der Waals surface area contributed by atoms with Crippen molar-refractivity contribution < 1.29 is 23.1 Å². The molecule has 202 valence electrons. The summed E-state index contributed by atoms with van der Waals surface area (Å²) in [5.41, 5.74) is 4.64. The van der Waals surface area contributed by atoms with Gasteiger partial charge in [0.1, 0.15) is 5.75 Å². The predicted octanol–water partition coefficient (Wildman–Crippen LogP) is 5.22. The Balaban J connectivity index is 1.37. The highest BCUT2D eigenvalue weighted by Crippen LogP contribution is 2.40. The van der Waals surface area contributed by atoms with E-state index < -0.39 is 21.8 Å². The van der Waals surface area contributed by atoms with Gasteiger partial charge in [-0.25, -0.2) is 19.0 Å². The number of nitrogens with one attached hydrogen (secondary N) is 2. The number of rotatable bonds is 8. The van der Waals surface area contributed by atoms with Gasteiger partial charge in [0.15, 0.2) is 0 Å². The Labute approximate surface area is 241 Å². The fraction of sp³-hybridized carbons (Fsp3) is 0.0800. The van der Waals surface area contributed by atoms with Gasteiger partial charge in [-0.1, -0.05) is 41.4 Å². The van der Waals surface area contributed by atoms with Crippen LogP contribution in [0.1, 0.15) is 37.4 Å². The number of thiophene rings is 2. The molecule has 14 heteroatoms. The molecule has 0 spiro atoms. The van der Waals surface area contributed by atoms with Gasteiger partial charge in [-0.3, -0.25) is 9.59 Å². The molecule has 0 bridgehead atoms. The summed E-state index contributed by atoms with van der Waals surface area (Å²) in [6.07, 6.45) is 0. The molecule has 2 aromatic heterocycles. The highest BCUT2D eigenvalue weighted by atomic mass is 35.5. The summed E-state index contributed by atoms with van der Waals surface area (Å²) < 4.78 is 22.7. The highest BCUT2D eigenvalue weighted by Gasteiger charge is 2.17. The normalized spacial score (nSPS) is 11.8. The molecular weight excluding hydrogens is 603 g/mol. The summed E-state index contributed by atoms with van der Waals surface area (Å²) in [7, 11) is -3.79. The maximum atomic E-state index is 12.6. The molecule has 2 amide bonds. The Kier molecular flexibility index (Phi) is 8.74. The molecule has 0 fully saturated rings. The summed E-state index contributed by atoms with van der Waals surface area (Å²) in [4.78, 5) is 26.2. The van der Waals surface area contributed by atoms with Gasteiger partial charge in [0, 0.05) is 11.9 Å². The first kappa shape index (κ1) is 28.7. The number of hydrogen-bond acceptors (Lipinski definition) is 8. The van der Waals surface area contributed by atoms with E-state index in [9.17, 15) is 23.1 Å². The van der Waals surface area contributed by atoms with Crippen LogP contribution in [0.5, 0.6) is 5.75 Å². The first-order valence-corrected chi connectivity index (χ1v) is 15.0. The zero-order valence-electron chi connectivity index (χ0n) is 20.1. The summed E-state index contributed by atoms with van der Waals surface area (Å²) in [6, 6.07) is 13.9. The van der Waals surface area contributed by atoms with Crippen LogP contribution < -0.4 is 15.9 Å². The average molecular weight is 624 g/mol. The largest absolute Gasteiger partial charge is 0.506 e. The maximum absolute atomic E-state index is 12.6. The van der Waals surface area contributed by atoms with E-state index in [1.165, 1.54) is 35.6 Å². The zero-order chi connectivity index (χ0) is 28.3. The SMILES string of the molecule is C/C(=N\NC(=O)c1ccc(C(=O)NCc2ccc(S(N)(=O)=O)cc2)s1)c1csc(-c2ccc(Cl)c(Cl)c2)c1O. The molecule has 2 aromatic carbocycles. The molecule has 9 nitrogen and oxygen atoms in total. The van der Waals surface area contributed by atoms with E-state index in [0.29, 0.717) is 42.2 Å². The van der Waals surface area contributed by atoms with Gasteiger partial charge in [-0.15, -0.1) is 22.7 Å². The van der Waals surface area contributed by atoms with Crippen LogP contribution in [0.2, 0.25) is 10.0 Å². The Morgan fingerprint density at radius 1 is 1.00 bits per heavy atom. The van der Waals surface area contributed by atoms with Gasteiger partial charge < -0.3 is 10.4 Å². The van der Waals surface area contributed by atoms with Gasteiger partial charge in [0.2, 0.25) is 10.0 Å². The number of carbonyl (C=O) groups is 2. The second kappa shape index (κ2) is 11.9. The van der Waals surface area contributed by atoms with Crippen LogP contribution in [0, 0.1) is 0 Å². The van der Waals surface area contributed by atoms with E-state index in [-0.39, 0.29) is 22.1 Å². The van der Waals surface area contributed by atoms with Crippen molar-refractivity contribution in [1.29, 1.82) is 0 Å². The molecule has 2 heterocycles. The van der Waals surface area contributed by atoms with Crippen molar-refractivity contribution in [3.05, 3.63) is 90.9 Å². The van der Waals surface area contributed by atoms with Crippen molar-refractivity contribution in [3.63, 3.8) is 0 Å². The van der Waals surface area contributed by atoms with Crippen molar-refractivity contribution in [2.24, 2.45) is 10.2 Å². The Bertz CT molecular complexity index is 1700. The number of benzene rings is 2. The summed E-state index contributed by atoms with van der Waals surface area (Å²) >= 11 is 14.3. The summed E-state index contributed by atoms with van der Waals surface area (Å²) in [5, 5.41) is 25.1. The number of aromatic hydroxyl groups is 1. The number of halogens is 2. The number of primary sulfonamides is 1. The fourth-order valence-corrected chi connectivity index (χ4v) is 5.98. The van der Waals surface area contributed by atoms with Crippen molar-refractivity contribution in [2.75, 3.05) is 0 Å². The van der Waals surface area contributed by atoms with Crippen molar-refractivity contribution in [2.45, 2.75) is 18.4 Å². The zero-order valence-corrected chi connectivity index (χ0v) is 24.0. The van der Waals surface area contributed by atoms with Crippen molar-refractivity contribution in [1.82, 2.24) is 10.7 Å². The lowest BCUT2D eigenvalue weighted by Gasteiger charge is -2.05. The monoisotopic (exact) mass is 622 g/mol. The van der Waals surface area contributed by atoms with Gasteiger partial charge in [0.25, 0.3) is 11.8 Å². The van der Waals surface area contributed by atoms with Crippen LogP contribution in [0.4, 0.5) is 0 Å². The van der Waals surface area contributed by atoms with E-state index in [1.54, 1.807) is 42.6 Å². The number of nitrogens with two attached hydrogens (primary N) is 1. The second-order valence-corrected chi connectivity index (χ2v) is 12.5. The lowest BCUT2D eigenvalue weighted by atomic mass is 10.1. The lowest BCUT2D eigenvalue weighted by molar-refractivity contribution is 0.0950. The smallest absolute Gasteiger partial charge is 0.281 e. The van der Waals surface area contributed by atoms with Crippen LogP contribution in [0.25, 0.3) is 10.4 Å². The molecule has 0 atom stereocenters. The highest BCUT2D eigenvalue weighted by molar-refractivity contribution is 7.89. The number of carbonyl (C=O) groups excluding carboxylic acids is 2. The van der Waals surface area contributed by atoms with E-state index in [4.69, 9.17) is 28.3 Å². The van der Waals surface area contributed by atoms with Crippen LogP contribution in [-0.4, -0.2) is 31.1 Å². The van der Waals surface area contributed by atoms with Crippen molar-refractivity contribution in [3.8, 4) is 16.2 Å². The molecule has 39 heavy (non-hydrogen) atoms. The first-order chi connectivity index (χ1) is 18.4. The van der Waals surface area contributed by atoms with E-state index in [2.05, 4.69) is 15.8 Å². The van der Waals surface area contributed by atoms with Gasteiger partial charge in [-0.05, 0) is 54.4 Å². The van der Waals surface area contributed by atoms with Crippen molar-refractivity contribution >= 4 is 73.4 Å². The van der Waals surface area contributed by atoms with Crippen LogP contribution in [0.15, 0.2) is 70.0 Å².